The lowest BCUT2D eigenvalue weighted by atomic mass is 10.2. The number of hydrogen-bond donors (Lipinski definition) is 2. The maximum absolute atomic E-state index is 12.2. The van der Waals surface area contributed by atoms with Gasteiger partial charge in [-0.25, -0.2) is 14.8 Å². The minimum atomic E-state index is -0.510. The van der Waals surface area contributed by atoms with Crippen LogP contribution in [0.15, 0.2) is 53.1 Å². The molecule has 0 fully saturated rings. The number of urea groups is 1. The fourth-order valence-electron chi connectivity index (χ4n) is 2.12. The third-order valence-electron chi connectivity index (χ3n) is 3.42. The number of hydrogen-bond acceptors (Lipinski definition) is 6. The summed E-state index contributed by atoms with van der Waals surface area (Å²) >= 11 is 2.83. The summed E-state index contributed by atoms with van der Waals surface area (Å²) in [6, 6.07) is 10.9. The van der Waals surface area contributed by atoms with Crippen molar-refractivity contribution in [2.75, 3.05) is 0 Å². The summed E-state index contributed by atoms with van der Waals surface area (Å²) < 4.78 is 0. The van der Waals surface area contributed by atoms with Crippen molar-refractivity contribution in [3.63, 3.8) is 0 Å². The highest BCUT2D eigenvalue weighted by Crippen LogP contribution is 2.30. The summed E-state index contributed by atoms with van der Waals surface area (Å²) in [6.07, 6.45) is 1.48. The van der Waals surface area contributed by atoms with Gasteiger partial charge in [0.1, 0.15) is 16.2 Å². The number of benzene rings is 1. The second-order valence-electron chi connectivity index (χ2n) is 5.24. The molecule has 0 bridgehead atoms. The van der Waals surface area contributed by atoms with E-state index in [0.717, 1.165) is 20.8 Å². The first-order valence-corrected chi connectivity index (χ1v) is 9.37. The second-order valence-corrected chi connectivity index (χ2v) is 7.46. The molecule has 0 aliphatic rings. The SMILES string of the molecule is C[C@@H](Sc1ncnc2sccc12)C(=O)NC(=O)NCc1ccccc1. The van der Waals surface area contributed by atoms with E-state index in [2.05, 4.69) is 20.6 Å². The van der Waals surface area contributed by atoms with Crippen molar-refractivity contribution in [1.29, 1.82) is 0 Å². The summed E-state index contributed by atoms with van der Waals surface area (Å²) in [5, 5.41) is 8.17. The van der Waals surface area contributed by atoms with Gasteiger partial charge in [0.15, 0.2) is 0 Å². The molecule has 1 aromatic carbocycles. The molecule has 3 rings (SSSR count). The monoisotopic (exact) mass is 372 g/mol. The van der Waals surface area contributed by atoms with Gasteiger partial charge in [0.05, 0.1) is 5.25 Å². The van der Waals surface area contributed by atoms with Crippen LogP contribution in [0.25, 0.3) is 10.2 Å². The molecule has 0 unspecified atom stereocenters. The molecule has 0 radical (unpaired) electrons. The predicted molar refractivity (Wildman–Crippen MR) is 99.6 cm³/mol. The maximum atomic E-state index is 12.2. The number of nitrogens with zero attached hydrogens (tertiary/aromatic N) is 2. The number of imide groups is 1. The van der Waals surface area contributed by atoms with Crippen LogP contribution in [-0.4, -0.2) is 27.2 Å². The van der Waals surface area contributed by atoms with Crippen molar-refractivity contribution >= 4 is 45.3 Å². The molecular formula is C17H16N4O2S2. The lowest BCUT2D eigenvalue weighted by molar-refractivity contribution is -0.119. The fraction of sp³-hybridized carbons (Fsp3) is 0.176. The first-order valence-electron chi connectivity index (χ1n) is 7.61. The Labute approximate surface area is 153 Å². The van der Waals surface area contributed by atoms with Gasteiger partial charge in [-0.05, 0) is 23.9 Å². The molecule has 0 spiro atoms. The third-order valence-corrected chi connectivity index (χ3v) is 5.35. The molecule has 3 aromatic rings. The Bertz CT molecular complexity index is 882. The number of aromatic nitrogens is 2. The van der Waals surface area contributed by atoms with E-state index in [9.17, 15) is 9.59 Å². The van der Waals surface area contributed by atoms with Crippen LogP contribution in [0.2, 0.25) is 0 Å². The van der Waals surface area contributed by atoms with Gasteiger partial charge in [-0.2, -0.15) is 0 Å². The van der Waals surface area contributed by atoms with Gasteiger partial charge in [0.2, 0.25) is 5.91 Å². The Morgan fingerprint density at radius 3 is 2.80 bits per heavy atom. The second kappa shape index (κ2) is 8.09. The van der Waals surface area contributed by atoms with Gasteiger partial charge in [0, 0.05) is 11.9 Å². The standard InChI is InChI=1S/C17H16N4O2S2/c1-11(25-16-13-7-8-24-15(13)19-10-20-16)14(22)21-17(23)18-9-12-5-3-2-4-6-12/h2-8,10-11H,9H2,1H3,(H2,18,21,22,23)/t11-/m1/s1. The van der Waals surface area contributed by atoms with Crippen LogP contribution >= 0.6 is 23.1 Å². The van der Waals surface area contributed by atoms with Crippen LogP contribution in [0.1, 0.15) is 12.5 Å². The average molecular weight is 372 g/mol. The van der Waals surface area contributed by atoms with Gasteiger partial charge >= 0.3 is 6.03 Å². The van der Waals surface area contributed by atoms with Crippen molar-refractivity contribution in [3.8, 4) is 0 Å². The zero-order valence-electron chi connectivity index (χ0n) is 13.4. The van der Waals surface area contributed by atoms with Crippen LogP contribution < -0.4 is 10.6 Å². The number of rotatable bonds is 5. The summed E-state index contributed by atoms with van der Waals surface area (Å²) in [7, 11) is 0. The number of thiophene rings is 1. The van der Waals surface area contributed by atoms with Gasteiger partial charge in [-0.3, -0.25) is 10.1 Å². The Morgan fingerprint density at radius 2 is 2.00 bits per heavy atom. The highest BCUT2D eigenvalue weighted by atomic mass is 32.2. The lowest BCUT2D eigenvalue weighted by Gasteiger charge is -2.12. The molecule has 2 heterocycles. The average Bonchev–Trinajstić information content (AvgIpc) is 3.10. The van der Waals surface area contributed by atoms with Gasteiger partial charge in [-0.15, -0.1) is 11.3 Å². The molecule has 0 saturated heterocycles. The van der Waals surface area contributed by atoms with E-state index in [1.165, 1.54) is 29.4 Å². The van der Waals surface area contributed by atoms with Crippen LogP contribution in [0, 0.1) is 0 Å². The van der Waals surface area contributed by atoms with E-state index in [1.807, 2.05) is 41.8 Å². The molecule has 6 nitrogen and oxygen atoms in total. The van der Waals surface area contributed by atoms with Crippen molar-refractivity contribution in [2.45, 2.75) is 23.7 Å². The quantitative estimate of drug-likeness (QED) is 0.531. The normalized spacial score (nSPS) is 11.9. The minimum absolute atomic E-state index is 0.363. The van der Waals surface area contributed by atoms with Crippen LogP contribution in [0.4, 0.5) is 4.79 Å². The number of carbonyl (C=O) groups excluding carboxylic acids is 2. The van der Waals surface area contributed by atoms with Crippen molar-refractivity contribution in [2.24, 2.45) is 0 Å². The Balaban J connectivity index is 1.53. The first kappa shape index (κ1) is 17.4. The van der Waals surface area contributed by atoms with Crippen molar-refractivity contribution < 1.29 is 9.59 Å². The molecular weight excluding hydrogens is 356 g/mol. The number of nitrogens with one attached hydrogen (secondary N) is 2. The van der Waals surface area contributed by atoms with Crippen LogP contribution in [0.5, 0.6) is 0 Å². The molecule has 1 atom stereocenters. The zero-order valence-corrected chi connectivity index (χ0v) is 15.1. The Morgan fingerprint density at radius 1 is 1.20 bits per heavy atom. The van der Waals surface area contributed by atoms with E-state index >= 15 is 0 Å². The summed E-state index contributed by atoms with van der Waals surface area (Å²) in [4.78, 5) is 33.4. The highest BCUT2D eigenvalue weighted by Gasteiger charge is 2.19. The van der Waals surface area contributed by atoms with Crippen LogP contribution in [0.3, 0.4) is 0 Å². The zero-order chi connectivity index (χ0) is 17.6. The van der Waals surface area contributed by atoms with Crippen molar-refractivity contribution in [1.82, 2.24) is 20.6 Å². The number of thioether (sulfide) groups is 1. The number of amides is 3. The maximum Gasteiger partial charge on any atom is 0.321 e. The lowest BCUT2D eigenvalue weighted by Crippen LogP contribution is -2.42. The Kier molecular flexibility index (Phi) is 5.62. The van der Waals surface area contributed by atoms with Crippen molar-refractivity contribution in [3.05, 3.63) is 53.7 Å². The summed E-state index contributed by atoms with van der Waals surface area (Å²) in [5.41, 5.74) is 0.966. The Hall–Kier alpha value is -2.45. The van der Waals surface area contributed by atoms with Gasteiger partial charge in [0.25, 0.3) is 0 Å². The molecule has 2 aromatic heterocycles. The summed E-state index contributed by atoms with van der Waals surface area (Å²) in [6.45, 7) is 2.10. The molecule has 0 aliphatic carbocycles. The topological polar surface area (TPSA) is 84.0 Å². The van der Waals surface area contributed by atoms with E-state index in [1.54, 1.807) is 6.92 Å². The largest absolute Gasteiger partial charge is 0.334 e. The molecule has 128 valence electrons. The minimum Gasteiger partial charge on any atom is -0.334 e. The number of carbonyl (C=O) groups is 2. The molecule has 3 amide bonds. The first-order chi connectivity index (χ1) is 12.1. The molecule has 0 saturated carbocycles. The van der Waals surface area contributed by atoms with E-state index in [-0.39, 0.29) is 5.91 Å². The van der Waals surface area contributed by atoms with E-state index in [4.69, 9.17) is 0 Å². The molecule has 25 heavy (non-hydrogen) atoms. The summed E-state index contributed by atoms with van der Waals surface area (Å²) in [5.74, 6) is -0.363. The molecule has 0 aliphatic heterocycles. The number of fused-ring (bicyclic) bond motifs is 1. The van der Waals surface area contributed by atoms with Gasteiger partial charge in [-0.1, -0.05) is 42.1 Å². The predicted octanol–water partition coefficient (Wildman–Crippen LogP) is 3.20. The van der Waals surface area contributed by atoms with E-state index < -0.39 is 11.3 Å². The van der Waals surface area contributed by atoms with Crippen LogP contribution in [-0.2, 0) is 11.3 Å². The highest BCUT2D eigenvalue weighted by molar-refractivity contribution is 8.00. The molecule has 2 N–H and O–H groups in total. The van der Waals surface area contributed by atoms with E-state index in [0.29, 0.717) is 6.54 Å². The molecule has 8 heteroatoms. The smallest absolute Gasteiger partial charge is 0.321 e. The third kappa shape index (κ3) is 4.55. The fourth-order valence-corrected chi connectivity index (χ4v) is 3.82. The van der Waals surface area contributed by atoms with Gasteiger partial charge < -0.3 is 5.32 Å².